The maximum absolute atomic E-state index is 3.60. The van der Waals surface area contributed by atoms with E-state index in [0.29, 0.717) is 0 Å². The molecule has 0 bridgehead atoms. The number of rotatable bonds is 8. The molecule has 1 aliphatic carbocycles. The minimum absolute atomic E-state index is 0.848. The van der Waals surface area contributed by atoms with Crippen molar-refractivity contribution in [1.82, 2.24) is 5.32 Å². The summed E-state index contributed by atoms with van der Waals surface area (Å²) in [4.78, 5) is 0. The van der Waals surface area contributed by atoms with Crippen LogP contribution in [0.5, 0.6) is 0 Å². The molecule has 0 atom stereocenters. The summed E-state index contributed by atoms with van der Waals surface area (Å²) < 4.78 is 0. The van der Waals surface area contributed by atoms with Crippen LogP contribution in [0, 0.1) is 5.92 Å². The minimum Gasteiger partial charge on any atom is -0.313 e. The fourth-order valence-electron chi connectivity index (χ4n) is 2.51. The highest BCUT2D eigenvalue weighted by Gasteiger charge is 2.25. The predicted molar refractivity (Wildman–Crippen MR) is 78.8 cm³/mol. The molecular formula is C17H27N. The summed E-state index contributed by atoms with van der Waals surface area (Å²) in [5, 5.41) is 3.60. The Kier molecular flexibility index (Phi) is 5.25. The highest BCUT2D eigenvalue weighted by atomic mass is 14.8. The van der Waals surface area contributed by atoms with E-state index < -0.39 is 0 Å². The van der Waals surface area contributed by atoms with Crippen molar-refractivity contribution in [3.05, 3.63) is 35.4 Å². The summed E-state index contributed by atoms with van der Waals surface area (Å²) in [5.74, 6) is 1.71. The summed E-state index contributed by atoms with van der Waals surface area (Å²) in [6, 6.07) is 8.95. The normalized spacial score (nSPS) is 15.3. The van der Waals surface area contributed by atoms with Crippen molar-refractivity contribution in [2.45, 2.75) is 58.4 Å². The van der Waals surface area contributed by atoms with Gasteiger partial charge in [0.15, 0.2) is 0 Å². The second kappa shape index (κ2) is 6.94. The third-order valence-electron chi connectivity index (χ3n) is 3.77. The first kappa shape index (κ1) is 13.6. The van der Waals surface area contributed by atoms with Crippen LogP contribution in [-0.2, 0) is 6.54 Å². The van der Waals surface area contributed by atoms with E-state index in [4.69, 9.17) is 0 Å². The van der Waals surface area contributed by atoms with Crippen molar-refractivity contribution in [2.75, 3.05) is 6.54 Å². The van der Waals surface area contributed by atoms with Gasteiger partial charge in [0.25, 0.3) is 0 Å². The van der Waals surface area contributed by atoms with Gasteiger partial charge in [0.2, 0.25) is 0 Å². The molecule has 0 unspecified atom stereocenters. The number of nitrogens with one attached hydrogen (secondary N) is 1. The first-order valence-corrected chi connectivity index (χ1v) is 7.56. The lowest BCUT2D eigenvalue weighted by molar-refractivity contribution is 0.520. The van der Waals surface area contributed by atoms with Gasteiger partial charge in [0.1, 0.15) is 0 Å². The molecule has 1 N–H and O–H groups in total. The molecule has 1 saturated carbocycles. The SMILES string of the molecule is CC(C)CCCCNCc1ccccc1C1CC1. The smallest absolute Gasteiger partial charge is 0.0208 e. The van der Waals surface area contributed by atoms with Gasteiger partial charge in [-0.25, -0.2) is 0 Å². The lowest BCUT2D eigenvalue weighted by Crippen LogP contribution is -2.15. The van der Waals surface area contributed by atoms with Gasteiger partial charge in [-0.15, -0.1) is 0 Å². The van der Waals surface area contributed by atoms with Crippen molar-refractivity contribution in [2.24, 2.45) is 5.92 Å². The maximum Gasteiger partial charge on any atom is 0.0208 e. The van der Waals surface area contributed by atoms with Gasteiger partial charge in [0.05, 0.1) is 0 Å². The number of benzene rings is 1. The molecule has 100 valence electrons. The second-order valence-corrected chi connectivity index (χ2v) is 6.04. The molecule has 0 saturated heterocycles. The van der Waals surface area contributed by atoms with Crippen LogP contribution in [0.15, 0.2) is 24.3 Å². The van der Waals surface area contributed by atoms with Gasteiger partial charge in [-0.1, -0.05) is 51.0 Å². The molecule has 1 heteroatoms. The van der Waals surface area contributed by atoms with Crippen LogP contribution in [0.2, 0.25) is 0 Å². The average molecular weight is 245 g/mol. The molecule has 1 fully saturated rings. The Morgan fingerprint density at radius 2 is 1.94 bits per heavy atom. The van der Waals surface area contributed by atoms with Crippen molar-refractivity contribution >= 4 is 0 Å². The fourth-order valence-corrected chi connectivity index (χ4v) is 2.51. The Bertz CT molecular complexity index is 352. The van der Waals surface area contributed by atoms with Crippen molar-refractivity contribution in [1.29, 1.82) is 0 Å². The van der Waals surface area contributed by atoms with Crippen LogP contribution in [0.4, 0.5) is 0 Å². The molecule has 2 rings (SSSR count). The Hall–Kier alpha value is -0.820. The molecular weight excluding hydrogens is 218 g/mol. The Morgan fingerprint density at radius 3 is 2.67 bits per heavy atom. The minimum atomic E-state index is 0.848. The largest absolute Gasteiger partial charge is 0.313 e. The zero-order valence-electron chi connectivity index (χ0n) is 11.9. The van der Waals surface area contributed by atoms with Gasteiger partial charge in [-0.2, -0.15) is 0 Å². The highest BCUT2D eigenvalue weighted by molar-refractivity contribution is 5.33. The average Bonchev–Trinajstić information content (AvgIpc) is 3.18. The van der Waals surface area contributed by atoms with Crippen LogP contribution >= 0.6 is 0 Å². The maximum atomic E-state index is 3.60. The summed E-state index contributed by atoms with van der Waals surface area (Å²) in [6.07, 6.45) is 6.82. The van der Waals surface area contributed by atoms with Crippen molar-refractivity contribution < 1.29 is 0 Å². The Balaban J connectivity index is 1.67. The molecule has 0 radical (unpaired) electrons. The van der Waals surface area contributed by atoms with Gasteiger partial charge in [0, 0.05) is 6.54 Å². The van der Waals surface area contributed by atoms with Gasteiger partial charge < -0.3 is 5.32 Å². The molecule has 0 spiro atoms. The van der Waals surface area contributed by atoms with E-state index in [-0.39, 0.29) is 0 Å². The molecule has 0 heterocycles. The van der Waals surface area contributed by atoms with Crippen LogP contribution in [0.1, 0.15) is 63.0 Å². The van der Waals surface area contributed by atoms with Crippen LogP contribution in [0.3, 0.4) is 0 Å². The molecule has 18 heavy (non-hydrogen) atoms. The van der Waals surface area contributed by atoms with E-state index in [0.717, 1.165) is 24.9 Å². The standard InChI is InChI=1S/C17H27N/c1-14(2)7-5-6-12-18-13-16-8-3-4-9-17(16)15-10-11-15/h3-4,8-9,14-15,18H,5-7,10-13H2,1-2H3. The lowest BCUT2D eigenvalue weighted by atomic mass is 10.0. The van der Waals surface area contributed by atoms with Crippen LogP contribution in [-0.4, -0.2) is 6.54 Å². The topological polar surface area (TPSA) is 12.0 Å². The molecule has 1 nitrogen and oxygen atoms in total. The first-order valence-electron chi connectivity index (χ1n) is 7.56. The summed E-state index contributed by atoms with van der Waals surface area (Å²) in [6.45, 7) is 6.82. The molecule has 0 aromatic heterocycles. The van der Waals surface area contributed by atoms with Crippen molar-refractivity contribution in [3.63, 3.8) is 0 Å². The molecule has 1 aromatic rings. The molecule has 1 aliphatic rings. The molecule has 0 amide bonds. The molecule has 1 aromatic carbocycles. The van der Waals surface area contributed by atoms with E-state index in [9.17, 15) is 0 Å². The fraction of sp³-hybridized carbons (Fsp3) is 0.647. The monoisotopic (exact) mass is 245 g/mol. The highest BCUT2D eigenvalue weighted by Crippen LogP contribution is 2.41. The number of unbranched alkanes of at least 4 members (excludes halogenated alkanes) is 1. The van der Waals surface area contributed by atoms with Gasteiger partial charge >= 0.3 is 0 Å². The van der Waals surface area contributed by atoms with Crippen LogP contribution < -0.4 is 5.32 Å². The number of hydrogen-bond acceptors (Lipinski definition) is 1. The predicted octanol–water partition coefficient (Wildman–Crippen LogP) is 4.48. The third kappa shape index (κ3) is 4.45. The first-order chi connectivity index (χ1) is 8.77. The zero-order chi connectivity index (χ0) is 12.8. The van der Waals surface area contributed by atoms with E-state index in [2.05, 4.69) is 43.4 Å². The van der Waals surface area contributed by atoms with E-state index in [1.165, 1.54) is 37.7 Å². The summed E-state index contributed by atoms with van der Waals surface area (Å²) in [5.41, 5.74) is 3.11. The van der Waals surface area contributed by atoms with Gasteiger partial charge in [-0.3, -0.25) is 0 Å². The Labute approximate surface area is 112 Å². The van der Waals surface area contributed by atoms with Gasteiger partial charge in [-0.05, 0) is 48.8 Å². The summed E-state index contributed by atoms with van der Waals surface area (Å²) in [7, 11) is 0. The van der Waals surface area contributed by atoms with Crippen molar-refractivity contribution in [3.8, 4) is 0 Å². The lowest BCUT2D eigenvalue weighted by Gasteiger charge is -2.10. The summed E-state index contributed by atoms with van der Waals surface area (Å²) >= 11 is 0. The van der Waals surface area contributed by atoms with Crippen LogP contribution in [0.25, 0.3) is 0 Å². The number of hydrogen-bond donors (Lipinski definition) is 1. The van der Waals surface area contributed by atoms with E-state index in [1.807, 2.05) is 0 Å². The quantitative estimate of drug-likeness (QED) is 0.666. The third-order valence-corrected chi connectivity index (χ3v) is 3.77. The Morgan fingerprint density at radius 1 is 1.17 bits per heavy atom. The molecule has 0 aliphatic heterocycles. The van der Waals surface area contributed by atoms with E-state index >= 15 is 0 Å². The van der Waals surface area contributed by atoms with E-state index in [1.54, 1.807) is 5.56 Å². The second-order valence-electron chi connectivity index (χ2n) is 6.04. The zero-order valence-corrected chi connectivity index (χ0v) is 11.9.